The van der Waals surface area contributed by atoms with Gasteiger partial charge in [0.15, 0.2) is 0 Å². The second kappa shape index (κ2) is 6.11. The van der Waals surface area contributed by atoms with Crippen molar-refractivity contribution >= 4 is 23.1 Å². The molecule has 4 heteroatoms. The molecule has 3 aromatic rings. The summed E-state index contributed by atoms with van der Waals surface area (Å²) >= 11 is 3.34. The van der Waals surface area contributed by atoms with E-state index in [-0.39, 0.29) is 0 Å². The van der Waals surface area contributed by atoms with Gasteiger partial charge in [-0.15, -0.1) is 11.3 Å². The van der Waals surface area contributed by atoms with Crippen LogP contribution in [-0.2, 0) is 0 Å². The van der Waals surface area contributed by atoms with Gasteiger partial charge < -0.3 is 4.74 Å². The molecule has 0 saturated heterocycles. The Balaban J connectivity index is 1.77. The standard InChI is InChI=1S/C16H13NOS2/c1-19-16-17-15(11-20-16)12-7-9-14(10-8-12)18-13-5-3-2-4-6-13/h2-11H,1H3. The highest BCUT2D eigenvalue weighted by Crippen LogP contribution is 2.29. The average molecular weight is 299 g/mol. The summed E-state index contributed by atoms with van der Waals surface area (Å²) in [5, 5.41) is 2.08. The molecule has 0 aliphatic rings. The molecule has 0 N–H and O–H groups in total. The van der Waals surface area contributed by atoms with Crippen molar-refractivity contribution < 1.29 is 4.74 Å². The molecule has 2 aromatic carbocycles. The lowest BCUT2D eigenvalue weighted by molar-refractivity contribution is 0.483. The van der Waals surface area contributed by atoms with Crippen molar-refractivity contribution in [3.8, 4) is 22.8 Å². The van der Waals surface area contributed by atoms with Gasteiger partial charge in [-0.25, -0.2) is 4.98 Å². The number of ether oxygens (including phenoxy) is 1. The Labute approximate surface area is 126 Å². The van der Waals surface area contributed by atoms with Crippen molar-refractivity contribution in [2.45, 2.75) is 4.34 Å². The van der Waals surface area contributed by atoms with Crippen LogP contribution in [0.4, 0.5) is 0 Å². The molecule has 2 nitrogen and oxygen atoms in total. The molecule has 0 bridgehead atoms. The number of aromatic nitrogens is 1. The fraction of sp³-hybridized carbons (Fsp3) is 0.0625. The zero-order valence-electron chi connectivity index (χ0n) is 10.9. The molecule has 0 unspecified atom stereocenters. The average Bonchev–Trinajstić information content (AvgIpc) is 2.98. The van der Waals surface area contributed by atoms with E-state index in [1.165, 1.54) is 0 Å². The molecule has 0 radical (unpaired) electrons. The maximum atomic E-state index is 5.77. The van der Waals surface area contributed by atoms with Crippen molar-refractivity contribution in [2.75, 3.05) is 6.26 Å². The van der Waals surface area contributed by atoms with Crippen molar-refractivity contribution in [3.05, 3.63) is 60.0 Å². The highest BCUT2D eigenvalue weighted by Gasteiger charge is 2.04. The number of rotatable bonds is 4. The van der Waals surface area contributed by atoms with E-state index in [1.54, 1.807) is 23.1 Å². The maximum Gasteiger partial charge on any atom is 0.150 e. The number of para-hydroxylation sites is 1. The lowest BCUT2D eigenvalue weighted by Crippen LogP contribution is -1.84. The van der Waals surface area contributed by atoms with E-state index in [0.29, 0.717) is 0 Å². The molecule has 0 aliphatic heterocycles. The highest BCUT2D eigenvalue weighted by atomic mass is 32.2. The molecular weight excluding hydrogens is 286 g/mol. The minimum Gasteiger partial charge on any atom is -0.457 e. The van der Waals surface area contributed by atoms with Crippen LogP contribution >= 0.6 is 23.1 Å². The van der Waals surface area contributed by atoms with Gasteiger partial charge in [-0.1, -0.05) is 30.0 Å². The van der Waals surface area contributed by atoms with Crippen molar-refractivity contribution in [1.82, 2.24) is 4.98 Å². The maximum absolute atomic E-state index is 5.77. The molecule has 1 aromatic heterocycles. The quantitative estimate of drug-likeness (QED) is 0.608. The number of thioether (sulfide) groups is 1. The van der Waals surface area contributed by atoms with E-state index in [2.05, 4.69) is 10.4 Å². The molecule has 0 amide bonds. The summed E-state index contributed by atoms with van der Waals surface area (Å²) in [4.78, 5) is 4.55. The Kier molecular flexibility index (Phi) is 4.04. The first kappa shape index (κ1) is 13.2. The monoisotopic (exact) mass is 299 g/mol. The van der Waals surface area contributed by atoms with Crippen LogP contribution in [0.25, 0.3) is 11.3 Å². The summed E-state index contributed by atoms with van der Waals surface area (Å²) in [5.74, 6) is 1.68. The Hall–Kier alpha value is -1.78. The molecule has 0 spiro atoms. The largest absolute Gasteiger partial charge is 0.457 e. The Morgan fingerprint density at radius 3 is 2.30 bits per heavy atom. The summed E-state index contributed by atoms with van der Waals surface area (Å²) < 4.78 is 6.86. The van der Waals surface area contributed by atoms with Crippen molar-refractivity contribution in [2.24, 2.45) is 0 Å². The van der Waals surface area contributed by atoms with Crippen LogP contribution in [0.2, 0.25) is 0 Å². The van der Waals surface area contributed by atoms with Crippen LogP contribution in [0.1, 0.15) is 0 Å². The molecule has 0 fully saturated rings. The first-order valence-corrected chi connectivity index (χ1v) is 8.28. The second-order valence-electron chi connectivity index (χ2n) is 4.14. The topological polar surface area (TPSA) is 22.1 Å². The lowest BCUT2D eigenvalue weighted by Gasteiger charge is -2.05. The number of thiazole rings is 1. The third kappa shape index (κ3) is 3.03. The van der Waals surface area contributed by atoms with Gasteiger partial charge in [0, 0.05) is 10.9 Å². The lowest BCUT2D eigenvalue weighted by atomic mass is 10.2. The summed E-state index contributed by atoms with van der Waals surface area (Å²) in [6.07, 6.45) is 2.04. The predicted octanol–water partition coefficient (Wildman–Crippen LogP) is 5.32. The van der Waals surface area contributed by atoms with Gasteiger partial charge >= 0.3 is 0 Å². The van der Waals surface area contributed by atoms with E-state index >= 15 is 0 Å². The Morgan fingerprint density at radius 1 is 0.950 bits per heavy atom. The predicted molar refractivity (Wildman–Crippen MR) is 85.8 cm³/mol. The van der Waals surface area contributed by atoms with E-state index in [0.717, 1.165) is 27.1 Å². The van der Waals surface area contributed by atoms with Gasteiger partial charge in [0.05, 0.1) is 5.69 Å². The van der Waals surface area contributed by atoms with Gasteiger partial charge in [0.25, 0.3) is 0 Å². The number of benzene rings is 2. The Morgan fingerprint density at radius 2 is 1.65 bits per heavy atom. The van der Waals surface area contributed by atoms with Gasteiger partial charge in [0.1, 0.15) is 15.8 Å². The smallest absolute Gasteiger partial charge is 0.150 e. The molecule has 1 heterocycles. The number of hydrogen-bond donors (Lipinski definition) is 0. The molecule has 0 atom stereocenters. The third-order valence-corrected chi connectivity index (χ3v) is 4.65. The number of nitrogens with zero attached hydrogens (tertiary/aromatic N) is 1. The summed E-state index contributed by atoms with van der Waals surface area (Å²) in [5.41, 5.74) is 2.13. The van der Waals surface area contributed by atoms with E-state index in [9.17, 15) is 0 Å². The van der Waals surface area contributed by atoms with Crippen LogP contribution < -0.4 is 4.74 Å². The summed E-state index contributed by atoms with van der Waals surface area (Å²) in [7, 11) is 0. The van der Waals surface area contributed by atoms with Gasteiger partial charge in [-0.05, 0) is 42.7 Å². The molecule has 0 saturated carbocycles. The van der Waals surface area contributed by atoms with Crippen molar-refractivity contribution in [3.63, 3.8) is 0 Å². The zero-order valence-corrected chi connectivity index (χ0v) is 12.6. The van der Waals surface area contributed by atoms with Gasteiger partial charge in [0.2, 0.25) is 0 Å². The normalized spacial score (nSPS) is 10.4. The van der Waals surface area contributed by atoms with E-state index in [1.807, 2.05) is 60.9 Å². The molecular formula is C16H13NOS2. The number of hydrogen-bond acceptors (Lipinski definition) is 4. The minimum absolute atomic E-state index is 0.834. The Bertz CT molecular complexity index is 677. The molecule has 3 rings (SSSR count). The molecule has 0 aliphatic carbocycles. The molecule has 20 heavy (non-hydrogen) atoms. The van der Waals surface area contributed by atoms with Crippen LogP contribution in [0.15, 0.2) is 64.3 Å². The van der Waals surface area contributed by atoms with Crippen LogP contribution in [-0.4, -0.2) is 11.2 Å². The fourth-order valence-corrected chi connectivity index (χ4v) is 3.07. The van der Waals surface area contributed by atoms with Crippen LogP contribution in [0.5, 0.6) is 11.5 Å². The van der Waals surface area contributed by atoms with Crippen LogP contribution in [0, 0.1) is 0 Å². The van der Waals surface area contributed by atoms with E-state index in [4.69, 9.17) is 4.74 Å². The van der Waals surface area contributed by atoms with E-state index < -0.39 is 0 Å². The SMILES string of the molecule is CSc1nc(-c2ccc(Oc3ccccc3)cc2)cs1. The third-order valence-electron chi connectivity index (χ3n) is 2.79. The highest BCUT2D eigenvalue weighted by molar-refractivity contribution is 8.00. The first-order chi connectivity index (χ1) is 9.85. The zero-order chi connectivity index (χ0) is 13.8. The first-order valence-electron chi connectivity index (χ1n) is 6.18. The fourth-order valence-electron chi connectivity index (χ4n) is 1.80. The van der Waals surface area contributed by atoms with Gasteiger partial charge in [-0.3, -0.25) is 0 Å². The van der Waals surface area contributed by atoms with Gasteiger partial charge in [-0.2, -0.15) is 0 Å². The summed E-state index contributed by atoms with van der Waals surface area (Å²) in [6, 6.07) is 17.8. The second-order valence-corrected chi connectivity index (χ2v) is 6.05. The molecule has 100 valence electrons. The van der Waals surface area contributed by atoms with Crippen LogP contribution in [0.3, 0.4) is 0 Å². The summed E-state index contributed by atoms with van der Waals surface area (Å²) in [6.45, 7) is 0. The minimum atomic E-state index is 0.834. The van der Waals surface area contributed by atoms with Crippen molar-refractivity contribution in [1.29, 1.82) is 0 Å².